The Morgan fingerprint density at radius 2 is 0.552 bits per heavy atom. The SMILES string of the molecule is COCCOCCOCCOCCOCCOCCOCCOCCOCCN. The quantitative estimate of drug-likeness (QED) is 0.185. The Morgan fingerprint density at radius 1 is 0.345 bits per heavy atom. The summed E-state index contributed by atoms with van der Waals surface area (Å²) in [6.45, 7) is 9.90. The van der Waals surface area contributed by atoms with Gasteiger partial charge in [0.25, 0.3) is 0 Å². The molecule has 0 saturated carbocycles. The second-order valence-electron chi connectivity index (χ2n) is 5.68. The lowest BCUT2D eigenvalue weighted by atomic mass is 10.6. The molecule has 0 aliphatic heterocycles. The molecule has 0 fully saturated rings. The lowest BCUT2D eigenvalue weighted by molar-refractivity contribution is -0.0241. The zero-order chi connectivity index (χ0) is 21.1. The molecule has 29 heavy (non-hydrogen) atoms. The maximum atomic E-state index is 5.41. The number of hydrogen-bond acceptors (Lipinski definition) is 10. The van der Waals surface area contributed by atoms with Gasteiger partial charge in [-0.2, -0.15) is 0 Å². The van der Waals surface area contributed by atoms with Crippen LogP contribution in [0.25, 0.3) is 0 Å². The van der Waals surface area contributed by atoms with E-state index < -0.39 is 0 Å². The zero-order valence-electron chi connectivity index (χ0n) is 18.0. The van der Waals surface area contributed by atoms with Gasteiger partial charge in [-0.25, -0.2) is 0 Å². The Morgan fingerprint density at radius 3 is 0.759 bits per heavy atom. The molecule has 0 amide bonds. The maximum Gasteiger partial charge on any atom is 0.0701 e. The first kappa shape index (κ1) is 28.6. The highest BCUT2D eigenvalue weighted by atomic mass is 16.6. The third kappa shape index (κ3) is 27.6. The Bertz CT molecular complexity index is 262. The van der Waals surface area contributed by atoms with Crippen molar-refractivity contribution in [2.75, 3.05) is 126 Å². The van der Waals surface area contributed by atoms with Gasteiger partial charge in [-0.05, 0) is 0 Å². The molecule has 0 aromatic carbocycles. The number of hydrogen-bond donors (Lipinski definition) is 1. The maximum absolute atomic E-state index is 5.41. The fraction of sp³-hybridized carbons (Fsp3) is 1.00. The van der Waals surface area contributed by atoms with Crippen LogP contribution in [-0.2, 0) is 42.6 Å². The molecule has 0 radical (unpaired) electrons. The molecule has 0 bridgehead atoms. The summed E-state index contributed by atoms with van der Waals surface area (Å²) in [5.74, 6) is 0. The molecule has 0 aromatic heterocycles. The molecule has 176 valence electrons. The molecule has 0 saturated heterocycles. The molecule has 0 spiro atoms. The second kappa shape index (κ2) is 27.6. The number of ether oxygens (including phenoxy) is 9. The first-order valence-electron chi connectivity index (χ1n) is 10.2. The van der Waals surface area contributed by atoms with Crippen LogP contribution < -0.4 is 5.73 Å². The highest BCUT2D eigenvalue weighted by Gasteiger charge is 1.95. The summed E-state index contributed by atoms with van der Waals surface area (Å²) in [6, 6.07) is 0. The molecule has 0 aliphatic carbocycles. The lowest BCUT2D eigenvalue weighted by Crippen LogP contribution is -2.15. The van der Waals surface area contributed by atoms with Crippen molar-refractivity contribution in [2.24, 2.45) is 5.73 Å². The molecule has 0 aromatic rings. The van der Waals surface area contributed by atoms with Crippen LogP contribution in [0.1, 0.15) is 0 Å². The van der Waals surface area contributed by atoms with Crippen LogP contribution >= 0.6 is 0 Å². The van der Waals surface area contributed by atoms with E-state index in [2.05, 4.69) is 0 Å². The average Bonchev–Trinajstić information content (AvgIpc) is 2.74. The Hall–Kier alpha value is -0.400. The molecule has 0 unspecified atom stereocenters. The van der Waals surface area contributed by atoms with E-state index in [1.807, 2.05) is 0 Å². The number of rotatable bonds is 26. The van der Waals surface area contributed by atoms with Crippen molar-refractivity contribution < 1.29 is 42.6 Å². The van der Waals surface area contributed by atoms with Crippen LogP contribution in [0.3, 0.4) is 0 Å². The van der Waals surface area contributed by atoms with Crippen molar-refractivity contribution in [1.82, 2.24) is 0 Å². The lowest BCUT2D eigenvalue weighted by Gasteiger charge is -2.08. The molecule has 0 atom stereocenters. The molecule has 0 aliphatic rings. The van der Waals surface area contributed by atoms with Gasteiger partial charge < -0.3 is 48.4 Å². The van der Waals surface area contributed by atoms with Crippen LogP contribution in [0, 0.1) is 0 Å². The van der Waals surface area contributed by atoms with E-state index in [1.165, 1.54) is 0 Å². The van der Waals surface area contributed by atoms with E-state index in [0.717, 1.165) is 0 Å². The second-order valence-corrected chi connectivity index (χ2v) is 5.68. The monoisotopic (exact) mass is 427 g/mol. The predicted octanol–water partition coefficient (Wildman–Crippen LogP) is -0.276. The van der Waals surface area contributed by atoms with Gasteiger partial charge in [0.2, 0.25) is 0 Å². The number of nitrogens with two attached hydrogens (primary N) is 1. The van der Waals surface area contributed by atoms with Crippen LogP contribution in [0.5, 0.6) is 0 Å². The van der Waals surface area contributed by atoms with Gasteiger partial charge in [-0.15, -0.1) is 0 Å². The van der Waals surface area contributed by atoms with Crippen LogP contribution in [0.4, 0.5) is 0 Å². The Labute approximate surface area is 175 Å². The summed E-state index contributed by atoms with van der Waals surface area (Å²) in [5, 5.41) is 0. The van der Waals surface area contributed by atoms with Crippen LogP contribution in [0.2, 0.25) is 0 Å². The summed E-state index contributed by atoms with van der Waals surface area (Å²) >= 11 is 0. The molecule has 10 nitrogen and oxygen atoms in total. The third-order valence-electron chi connectivity index (χ3n) is 3.30. The summed E-state index contributed by atoms with van der Waals surface area (Å²) < 4.78 is 47.6. The summed E-state index contributed by atoms with van der Waals surface area (Å²) in [5.41, 5.74) is 5.31. The minimum atomic E-state index is 0.532. The minimum Gasteiger partial charge on any atom is -0.382 e. The van der Waals surface area contributed by atoms with Gasteiger partial charge in [0, 0.05) is 13.7 Å². The van der Waals surface area contributed by atoms with Crippen molar-refractivity contribution in [3.8, 4) is 0 Å². The molecular weight excluding hydrogens is 386 g/mol. The minimum absolute atomic E-state index is 0.532. The smallest absolute Gasteiger partial charge is 0.0701 e. The van der Waals surface area contributed by atoms with Crippen molar-refractivity contribution in [2.45, 2.75) is 0 Å². The molecule has 10 heteroatoms. The first-order valence-corrected chi connectivity index (χ1v) is 10.2. The van der Waals surface area contributed by atoms with Gasteiger partial charge in [0.1, 0.15) is 0 Å². The van der Waals surface area contributed by atoms with Gasteiger partial charge >= 0.3 is 0 Å². The van der Waals surface area contributed by atoms with Gasteiger partial charge in [0.15, 0.2) is 0 Å². The van der Waals surface area contributed by atoms with E-state index in [0.29, 0.717) is 119 Å². The topological polar surface area (TPSA) is 109 Å². The number of methoxy groups -OCH3 is 1. The van der Waals surface area contributed by atoms with Crippen molar-refractivity contribution in [3.05, 3.63) is 0 Å². The fourth-order valence-electron chi connectivity index (χ4n) is 1.87. The standard InChI is InChI=1S/C19H41NO9/c1-21-4-5-23-8-9-25-12-13-27-16-17-29-19-18-28-15-14-26-11-10-24-7-6-22-3-2-20/h2-20H2,1H3. The molecule has 0 heterocycles. The van der Waals surface area contributed by atoms with E-state index in [-0.39, 0.29) is 0 Å². The summed E-state index contributed by atoms with van der Waals surface area (Å²) in [6.07, 6.45) is 0. The Balaban J connectivity index is 2.97. The van der Waals surface area contributed by atoms with Crippen molar-refractivity contribution in [1.29, 1.82) is 0 Å². The molecular formula is C19H41NO9. The third-order valence-corrected chi connectivity index (χ3v) is 3.30. The predicted molar refractivity (Wildman–Crippen MR) is 107 cm³/mol. The van der Waals surface area contributed by atoms with Crippen molar-refractivity contribution in [3.63, 3.8) is 0 Å². The zero-order valence-corrected chi connectivity index (χ0v) is 18.0. The van der Waals surface area contributed by atoms with E-state index in [4.69, 9.17) is 48.4 Å². The fourth-order valence-corrected chi connectivity index (χ4v) is 1.87. The van der Waals surface area contributed by atoms with Gasteiger partial charge in [-0.1, -0.05) is 0 Å². The molecule has 2 N–H and O–H groups in total. The summed E-state index contributed by atoms with van der Waals surface area (Å²) in [7, 11) is 1.65. The largest absolute Gasteiger partial charge is 0.382 e. The summed E-state index contributed by atoms with van der Waals surface area (Å²) in [4.78, 5) is 0. The Kier molecular flexibility index (Phi) is 27.2. The van der Waals surface area contributed by atoms with Crippen LogP contribution in [0.15, 0.2) is 0 Å². The van der Waals surface area contributed by atoms with E-state index in [9.17, 15) is 0 Å². The average molecular weight is 428 g/mol. The highest BCUT2D eigenvalue weighted by Crippen LogP contribution is 1.85. The van der Waals surface area contributed by atoms with Crippen molar-refractivity contribution >= 4 is 0 Å². The van der Waals surface area contributed by atoms with Gasteiger partial charge in [-0.3, -0.25) is 0 Å². The van der Waals surface area contributed by atoms with Gasteiger partial charge in [0.05, 0.1) is 112 Å². The van der Waals surface area contributed by atoms with Crippen LogP contribution in [-0.4, -0.2) is 126 Å². The highest BCUT2D eigenvalue weighted by molar-refractivity contribution is 4.38. The first-order chi connectivity index (χ1) is 14.4. The van der Waals surface area contributed by atoms with E-state index in [1.54, 1.807) is 7.11 Å². The molecule has 0 rings (SSSR count). The normalized spacial score (nSPS) is 11.4. The van der Waals surface area contributed by atoms with E-state index >= 15 is 0 Å².